The van der Waals surface area contributed by atoms with Crippen molar-refractivity contribution < 1.29 is 9.18 Å². The van der Waals surface area contributed by atoms with E-state index in [0.717, 1.165) is 11.3 Å². The van der Waals surface area contributed by atoms with Gasteiger partial charge in [-0.25, -0.2) is 9.40 Å². The minimum Gasteiger partial charge on any atom is -0.303 e. The number of benzene rings is 2. The molecule has 1 heterocycles. The molecule has 0 amide bonds. The largest absolute Gasteiger partial charge is 0.303 e. The molecule has 0 radical (unpaired) electrons. The van der Waals surface area contributed by atoms with Crippen molar-refractivity contribution in [3.63, 3.8) is 0 Å². The molecule has 1 fully saturated rings. The van der Waals surface area contributed by atoms with Gasteiger partial charge in [-0.15, -0.1) is 0 Å². The lowest BCUT2D eigenvalue weighted by atomic mass is 10.1. The number of carbonyl (C=O) groups excluding carboxylic acids is 1. The number of carbonyl (C=O) groups is 1. The number of hydrogen-bond acceptors (Lipinski definition) is 3. The van der Waals surface area contributed by atoms with Gasteiger partial charge in [0.1, 0.15) is 11.6 Å². The quantitative estimate of drug-likeness (QED) is 0.791. The summed E-state index contributed by atoms with van der Waals surface area (Å²) < 4.78 is 13.5. The minimum absolute atomic E-state index is 0.106. The number of nitrogens with zero attached hydrogens (tertiary/aromatic N) is 2. The van der Waals surface area contributed by atoms with Crippen LogP contribution in [-0.2, 0) is 11.3 Å². The first kappa shape index (κ1) is 17.2. The highest BCUT2D eigenvalue weighted by Crippen LogP contribution is 2.34. The zero-order chi connectivity index (χ0) is 17.3. The SMILES string of the molecule is CC(=O)C1CN(Cc2cccc(F)c2)N(c2ccc(Cl)cc2Cl)C1. The van der Waals surface area contributed by atoms with Gasteiger partial charge >= 0.3 is 0 Å². The van der Waals surface area contributed by atoms with Crippen molar-refractivity contribution in [3.8, 4) is 0 Å². The van der Waals surface area contributed by atoms with Gasteiger partial charge in [0.05, 0.1) is 16.6 Å². The summed E-state index contributed by atoms with van der Waals surface area (Å²) in [5, 5.41) is 5.09. The first-order valence-corrected chi connectivity index (χ1v) is 8.42. The Morgan fingerprint density at radius 2 is 2.00 bits per heavy atom. The van der Waals surface area contributed by atoms with Gasteiger partial charge in [0.25, 0.3) is 0 Å². The maximum absolute atomic E-state index is 13.5. The fourth-order valence-electron chi connectivity index (χ4n) is 2.93. The molecule has 2 aromatic rings. The molecule has 1 aliphatic heterocycles. The average Bonchev–Trinajstić information content (AvgIpc) is 2.91. The molecule has 2 aromatic carbocycles. The predicted molar refractivity (Wildman–Crippen MR) is 94.8 cm³/mol. The zero-order valence-electron chi connectivity index (χ0n) is 13.2. The summed E-state index contributed by atoms with van der Waals surface area (Å²) in [6, 6.07) is 11.8. The highest BCUT2D eigenvalue weighted by molar-refractivity contribution is 6.36. The van der Waals surface area contributed by atoms with Crippen LogP contribution in [0.3, 0.4) is 0 Å². The molecule has 0 spiro atoms. The lowest BCUT2D eigenvalue weighted by Gasteiger charge is -2.30. The molecular weight excluding hydrogens is 350 g/mol. The summed E-state index contributed by atoms with van der Waals surface area (Å²) in [6.07, 6.45) is 0. The Morgan fingerprint density at radius 1 is 1.21 bits per heavy atom. The molecular formula is C18H17Cl2FN2O. The smallest absolute Gasteiger partial charge is 0.136 e. The van der Waals surface area contributed by atoms with E-state index in [-0.39, 0.29) is 17.5 Å². The van der Waals surface area contributed by atoms with Gasteiger partial charge in [0, 0.05) is 24.7 Å². The summed E-state index contributed by atoms with van der Waals surface area (Å²) in [6.45, 7) is 3.22. The molecule has 1 aliphatic rings. The van der Waals surface area contributed by atoms with E-state index in [1.54, 1.807) is 25.1 Å². The topological polar surface area (TPSA) is 23.6 Å². The monoisotopic (exact) mass is 366 g/mol. The van der Waals surface area contributed by atoms with Crippen molar-refractivity contribution in [1.82, 2.24) is 5.01 Å². The van der Waals surface area contributed by atoms with Gasteiger partial charge in [-0.2, -0.15) is 0 Å². The minimum atomic E-state index is -0.272. The van der Waals surface area contributed by atoms with Crippen molar-refractivity contribution in [3.05, 3.63) is 63.9 Å². The number of halogens is 3. The summed E-state index contributed by atoms with van der Waals surface area (Å²) in [7, 11) is 0. The fourth-order valence-corrected chi connectivity index (χ4v) is 3.44. The van der Waals surface area contributed by atoms with E-state index < -0.39 is 0 Å². The number of rotatable bonds is 4. The normalized spacial score (nSPS) is 18.2. The fraction of sp³-hybridized carbons (Fsp3) is 0.278. The Kier molecular flexibility index (Phi) is 5.09. The van der Waals surface area contributed by atoms with Crippen molar-refractivity contribution in [2.24, 2.45) is 5.92 Å². The van der Waals surface area contributed by atoms with E-state index in [9.17, 15) is 9.18 Å². The Bertz CT molecular complexity index is 768. The van der Waals surface area contributed by atoms with Crippen LogP contribution in [0.4, 0.5) is 10.1 Å². The van der Waals surface area contributed by atoms with Crippen molar-refractivity contribution in [2.75, 3.05) is 18.1 Å². The molecule has 24 heavy (non-hydrogen) atoms. The standard InChI is InChI=1S/C18H17Cl2FN2O/c1-12(24)14-10-22(9-13-3-2-4-16(21)7-13)23(11-14)18-6-5-15(19)8-17(18)20/h2-8,14H,9-11H2,1H3. The Hall–Kier alpha value is -1.62. The molecule has 1 atom stereocenters. The molecule has 0 N–H and O–H groups in total. The van der Waals surface area contributed by atoms with Gasteiger partial charge < -0.3 is 5.01 Å². The van der Waals surface area contributed by atoms with Crippen LogP contribution in [0.15, 0.2) is 42.5 Å². The lowest BCUT2D eigenvalue weighted by molar-refractivity contribution is -0.120. The molecule has 126 valence electrons. The van der Waals surface area contributed by atoms with Crippen LogP contribution in [0.5, 0.6) is 0 Å². The van der Waals surface area contributed by atoms with Crippen LogP contribution < -0.4 is 5.01 Å². The second-order valence-corrected chi connectivity index (χ2v) is 6.81. The number of Topliss-reactive ketones (excluding diaryl/α,β-unsaturated/α-hetero) is 1. The first-order valence-electron chi connectivity index (χ1n) is 7.66. The summed E-state index contributed by atoms with van der Waals surface area (Å²) >= 11 is 12.3. The Morgan fingerprint density at radius 3 is 2.67 bits per heavy atom. The molecule has 0 bridgehead atoms. The van der Waals surface area contributed by atoms with Crippen LogP contribution >= 0.6 is 23.2 Å². The van der Waals surface area contributed by atoms with Crippen LogP contribution in [0.1, 0.15) is 12.5 Å². The predicted octanol–water partition coefficient (Wildman–Crippen LogP) is 4.57. The zero-order valence-corrected chi connectivity index (χ0v) is 14.7. The summed E-state index contributed by atoms with van der Waals surface area (Å²) in [4.78, 5) is 11.8. The van der Waals surface area contributed by atoms with E-state index in [1.165, 1.54) is 12.1 Å². The first-order chi connectivity index (χ1) is 11.4. The lowest BCUT2D eigenvalue weighted by Crippen LogP contribution is -2.36. The number of hydrogen-bond donors (Lipinski definition) is 0. The van der Waals surface area contributed by atoms with Gasteiger partial charge in [0.2, 0.25) is 0 Å². The number of anilines is 1. The second-order valence-electron chi connectivity index (χ2n) is 5.96. The maximum atomic E-state index is 13.5. The van der Waals surface area contributed by atoms with Gasteiger partial charge in [0.15, 0.2) is 0 Å². The second kappa shape index (κ2) is 7.09. The van der Waals surface area contributed by atoms with Gasteiger partial charge in [-0.3, -0.25) is 4.79 Å². The third-order valence-corrected chi connectivity index (χ3v) is 4.72. The number of hydrazine groups is 1. The highest BCUT2D eigenvalue weighted by atomic mass is 35.5. The average molecular weight is 367 g/mol. The van der Waals surface area contributed by atoms with Crippen LogP contribution in [0.2, 0.25) is 10.0 Å². The summed E-state index contributed by atoms with van der Waals surface area (Å²) in [5.74, 6) is -0.247. The van der Waals surface area contributed by atoms with Crippen LogP contribution in [0.25, 0.3) is 0 Å². The third kappa shape index (κ3) is 3.72. The Balaban J connectivity index is 1.90. The number of ketones is 1. The summed E-state index contributed by atoms with van der Waals surface area (Å²) in [5.41, 5.74) is 1.63. The maximum Gasteiger partial charge on any atom is 0.136 e. The van der Waals surface area contributed by atoms with Crippen LogP contribution in [0, 0.1) is 11.7 Å². The molecule has 0 saturated carbocycles. The molecule has 0 aromatic heterocycles. The molecule has 3 rings (SSSR count). The molecule has 1 unspecified atom stereocenters. The Labute approximate surface area is 150 Å². The van der Waals surface area contributed by atoms with E-state index in [4.69, 9.17) is 23.2 Å². The van der Waals surface area contributed by atoms with Crippen molar-refractivity contribution in [1.29, 1.82) is 0 Å². The van der Waals surface area contributed by atoms with E-state index >= 15 is 0 Å². The van der Waals surface area contributed by atoms with Crippen molar-refractivity contribution in [2.45, 2.75) is 13.5 Å². The highest BCUT2D eigenvalue weighted by Gasteiger charge is 2.33. The van der Waals surface area contributed by atoms with Gasteiger partial charge in [-0.05, 0) is 42.8 Å². The molecule has 1 saturated heterocycles. The van der Waals surface area contributed by atoms with E-state index in [0.29, 0.717) is 29.7 Å². The van der Waals surface area contributed by atoms with E-state index in [1.807, 2.05) is 22.2 Å². The van der Waals surface area contributed by atoms with Crippen molar-refractivity contribution >= 4 is 34.7 Å². The van der Waals surface area contributed by atoms with Gasteiger partial charge in [-0.1, -0.05) is 35.3 Å². The van der Waals surface area contributed by atoms with E-state index in [2.05, 4.69) is 0 Å². The third-order valence-electron chi connectivity index (χ3n) is 4.18. The van der Waals surface area contributed by atoms with Crippen LogP contribution in [-0.4, -0.2) is 23.9 Å². The molecule has 0 aliphatic carbocycles. The molecule has 3 nitrogen and oxygen atoms in total. The molecule has 6 heteroatoms.